The molecule has 0 aliphatic heterocycles. The molecule has 0 atom stereocenters. The number of esters is 1. The number of hydrogen-bond acceptors (Lipinski definition) is 3. The first-order chi connectivity index (χ1) is 7.24. The predicted octanol–water partition coefficient (Wildman–Crippen LogP) is 2.92. The second kappa shape index (κ2) is 3.77. The maximum Gasteiger partial charge on any atom is 0.342 e. The van der Waals surface area contributed by atoms with Crippen molar-refractivity contribution >= 4 is 16.9 Å². The minimum Gasteiger partial charge on any atom is -0.462 e. The molecule has 0 saturated carbocycles. The number of fused-ring (bicyclic) bond motifs is 1. The number of ether oxygens (including phenoxy) is 1. The minimum absolute atomic E-state index is 0.319. The van der Waals surface area contributed by atoms with E-state index >= 15 is 0 Å². The third-order valence-corrected chi connectivity index (χ3v) is 2.25. The maximum atomic E-state index is 11.7. The Hall–Kier alpha value is -1.77. The van der Waals surface area contributed by atoms with E-state index in [2.05, 4.69) is 0 Å². The van der Waals surface area contributed by atoms with Crippen LogP contribution in [0.1, 0.15) is 23.0 Å². The lowest BCUT2D eigenvalue weighted by Gasteiger charge is -1.99. The fourth-order valence-electron chi connectivity index (χ4n) is 1.62. The molecule has 0 N–H and O–H groups in total. The molecule has 3 nitrogen and oxygen atoms in total. The summed E-state index contributed by atoms with van der Waals surface area (Å²) in [4.78, 5) is 11.7. The zero-order valence-corrected chi connectivity index (χ0v) is 8.74. The van der Waals surface area contributed by atoms with E-state index in [1.807, 2.05) is 24.3 Å². The number of para-hydroxylation sites is 1. The van der Waals surface area contributed by atoms with Gasteiger partial charge >= 0.3 is 5.97 Å². The van der Waals surface area contributed by atoms with Crippen molar-refractivity contribution in [1.82, 2.24) is 0 Å². The van der Waals surface area contributed by atoms with Crippen molar-refractivity contribution in [3.63, 3.8) is 0 Å². The summed E-state index contributed by atoms with van der Waals surface area (Å²) in [6, 6.07) is 7.45. The number of benzene rings is 1. The maximum absolute atomic E-state index is 11.7. The van der Waals surface area contributed by atoms with Gasteiger partial charge in [-0.05, 0) is 19.9 Å². The molecule has 3 heteroatoms. The van der Waals surface area contributed by atoms with E-state index in [0.29, 0.717) is 17.9 Å². The van der Waals surface area contributed by atoms with Crippen molar-refractivity contribution in [2.24, 2.45) is 0 Å². The van der Waals surface area contributed by atoms with E-state index in [1.165, 1.54) is 0 Å². The van der Waals surface area contributed by atoms with E-state index in [0.717, 1.165) is 11.0 Å². The van der Waals surface area contributed by atoms with Crippen molar-refractivity contribution in [1.29, 1.82) is 0 Å². The van der Waals surface area contributed by atoms with Crippen LogP contribution in [-0.2, 0) is 4.74 Å². The summed E-state index contributed by atoms with van der Waals surface area (Å²) in [5, 5.41) is 0.813. The van der Waals surface area contributed by atoms with Gasteiger partial charge in [0.15, 0.2) is 0 Å². The van der Waals surface area contributed by atoms with Crippen LogP contribution < -0.4 is 0 Å². The number of hydrogen-bond donors (Lipinski definition) is 0. The van der Waals surface area contributed by atoms with Crippen molar-refractivity contribution < 1.29 is 13.9 Å². The summed E-state index contributed by atoms with van der Waals surface area (Å²) in [5.74, 6) is 0.287. The first-order valence-electron chi connectivity index (χ1n) is 4.89. The predicted molar refractivity (Wildman–Crippen MR) is 56.9 cm³/mol. The van der Waals surface area contributed by atoms with Crippen molar-refractivity contribution in [3.8, 4) is 0 Å². The standard InChI is InChI=1S/C12H12O3/c1-3-14-12(13)11-8(2)15-10-7-5-4-6-9(10)11/h4-7H,3H2,1-2H3. The molecule has 1 aromatic heterocycles. The second-order valence-electron chi connectivity index (χ2n) is 3.25. The summed E-state index contributed by atoms with van der Waals surface area (Å²) in [6.07, 6.45) is 0. The summed E-state index contributed by atoms with van der Waals surface area (Å²) in [5.41, 5.74) is 1.26. The summed E-state index contributed by atoms with van der Waals surface area (Å²) in [6.45, 7) is 3.93. The zero-order chi connectivity index (χ0) is 10.8. The van der Waals surface area contributed by atoms with Crippen molar-refractivity contribution in [3.05, 3.63) is 35.6 Å². The molecule has 0 spiro atoms. The third kappa shape index (κ3) is 1.61. The molecule has 0 unspecified atom stereocenters. The topological polar surface area (TPSA) is 39.4 Å². The third-order valence-electron chi connectivity index (χ3n) is 2.25. The van der Waals surface area contributed by atoms with Gasteiger partial charge in [0, 0.05) is 5.39 Å². The summed E-state index contributed by atoms with van der Waals surface area (Å²) < 4.78 is 10.4. The zero-order valence-electron chi connectivity index (χ0n) is 8.74. The first-order valence-corrected chi connectivity index (χ1v) is 4.89. The number of carbonyl (C=O) groups excluding carboxylic acids is 1. The Balaban J connectivity index is 2.58. The van der Waals surface area contributed by atoms with Gasteiger partial charge in [-0.15, -0.1) is 0 Å². The highest BCUT2D eigenvalue weighted by molar-refractivity contribution is 6.04. The number of rotatable bonds is 2. The largest absolute Gasteiger partial charge is 0.462 e. The van der Waals surface area contributed by atoms with E-state index in [1.54, 1.807) is 13.8 Å². The van der Waals surface area contributed by atoms with Gasteiger partial charge in [0.25, 0.3) is 0 Å². The molecule has 2 rings (SSSR count). The molecule has 1 heterocycles. The first kappa shape index (κ1) is 9.77. The minimum atomic E-state index is -0.319. The SMILES string of the molecule is CCOC(=O)c1c(C)oc2ccccc12. The molecule has 15 heavy (non-hydrogen) atoms. The van der Waals surface area contributed by atoms with E-state index < -0.39 is 0 Å². The van der Waals surface area contributed by atoms with Gasteiger partial charge < -0.3 is 9.15 Å². The molecule has 0 radical (unpaired) electrons. The van der Waals surface area contributed by atoms with Crippen LogP contribution in [-0.4, -0.2) is 12.6 Å². The normalized spacial score (nSPS) is 10.5. The fourth-order valence-corrected chi connectivity index (χ4v) is 1.62. The molecule has 0 bridgehead atoms. The van der Waals surface area contributed by atoms with Gasteiger partial charge in [-0.3, -0.25) is 0 Å². The highest BCUT2D eigenvalue weighted by atomic mass is 16.5. The van der Waals surface area contributed by atoms with Gasteiger partial charge in [-0.2, -0.15) is 0 Å². The van der Waals surface area contributed by atoms with Crippen LogP contribution in [0.4, 0.5) is 0 Å². The molecular formula is C12H12O3. The van der Waals surface area contributed by atoms with E-state index in [-0.39, 0.29) is 5.97 Å². The molecule has 78 valence electrons. The molecule has 0 aliphatic carbocycles. The van der Waals surface area contributed by atoms with Gasteiger partial charge in [-0.1, -0.05) is 18.2 Å². The Labute approximate surface area is 87.6 Å². The number of carbonyl (C=O) groups is 1. The van der Waals surface area contributed by atoms with Crippen LogP contribution in [0, 0.1) is 6.92 Å². The number of furan rings is 1. The molecule has 0 fully saturated rings. The van der Waals surface area contributed by atoms with Crippen LogP contribution in [0.25, 0.3) is 11.0 Å². The van der Waals surface area contributed by atoms with Gasteiger partial charge in [-0.25, -0.2) is 4.79 Å². The molecule has 0 aliphatic rings. The van der Waals surface area contributed by atoms with Crippen LogP contribution in [0.2, 0.25) is 0 Å². The smallest absolute Gasteiger partial charge is 0.342 e. The van der Waals surface area contributed by atoms with E-state index in [4.69, 9.17) is 9.15 Å². The van der Waals surface area contributed by atoms with E-state index in [9.17, 15) is 4.79 Å². The second-order valence-corrected chi connectivity index (χ2v) is 3.25. The Kier molecular flexibility index (Phi) is 2.46. The fraction of sp³-hybridized carbons (Fsp3) is 0.250. The Morgan fingerprint density at radius 1 is 1.40 bits per heavy atom. The molecule has 1 aromatic carbocycles. The van der Waals surface area contributed by atoms with Gasteiger partial charge in [0.05, 0.1) is 6.61 Å². The quantitative estimate of drug-likeness (QED) is 0.706. The Morgan fingerprint density at radius 3 is 2.87 bits per heavy atom. The lowest BCUT2D eigenvalue weighted by molar-refractivity contribution is 0.0526. The highest BCUT2D eigenvalue weighted by Crippen LogP contribution is 2.25. The lowest BCUT2D eigenvalue weighted by Crippen LogP contribution is -2.05. The van der Waals surface area contributed by atoms with Crippen LogP contribution >= 0.6 is 0 Å². The molecule has 0 amide bonds. The average molecular weight is 204 g/mol. The monoisotopic (exact) mass is 204 g/mol. The summed E-state index contributed by atoms with van der Waals surface area (Å²) >= 11 is 0. The number of aryl methyl sites for hydroxylation is 1. The molecular weight excluding hydrogens is 192 g/mol. The van der Waals surface area contributed by atoms with Crippen LogP contribution in [0.3, 0.4) is 0 Å². The van der Waals surface area contributed by atoms with Gasteiger partial charge in [0.1, 0.15) is 16.9 Å². The lowest BCUT2D eigenvalue weighted by atomic mass is 10.1. The summed E-state index contributed by atoms with van der Waals surface area (Å²) in [7, 11) is 0. The van der Waals surface area contributed by atoms with Crippen LogP contribution in [0.15, 0.2) is 28.7 Å². The van der Waals surface area contributed by atoms with Gasteiger partial charge in [0.2, 0.25) is 0 Å². The van der Waals surface area contributed by atoms with Crippen LogP contribution in [0.5, 0.6) is 0 Å². The average Bonchev–Trinajstić information content (AvgIpc) is 2.54. The Bertz CT molecular complexity index is 497. The molecule has 0 saturated heterocycles. The molecule has 2 aromatic rings. The highest BCUT2D eigenvalue weighted by Gasteiger charge is 2.18. The Morgan fingerprint density at radius 2 is 2.13 bits per heavy atom. The van der Waals surface area contributed by atoms with Crippen molar-refractivity contribution in [2.45, 2.75) is 13.8 Å². The van der Waals surface area contributed by atoms with Crippen molar-refractivity contribution in [2.75, 3.05) is 6.61 Å².